The normalized spacial score (nSPS) is 43.3. The van der Waals surface area contributed by atoms with Gasteiger partial charge < -0.3 is 29.2 Å². The van der Waals surface area contributed by atoms with Crippen molar-refractivity contribution in [3.8, 4) is 0 Å². The first-order chi connectivity index (χ1) is 6.86. The highest BCUT2D eigenvalue weighted by molar-refractivity contribution is 4.88. The van der Waals surface area contributed by atoms with Crippen molar-refractivity contribution >= 4 is 0 Å². The minimum Gasteiger partial charge on any atom is -0.394 e. The molecule has 0 amide bonds. The van der Waals surface area contributed by atoms with Crippen molar-refractivity contribution in [2.45, 2.75) is 24.4 Å². The Morgan fingerprint density at radius 3 is 1.57 bits per heavy atom. The van der Waals surface area contributed by atoms with Gasteiger partial charge in [0, 0.05) is 0 Å². The molecule has 2 aliphatic heterocycles. The van der Waals surface area contributed by atoms with E-state index < -0.39 is 12.2 Å². The van der Waals surface area contributed by atoms with Crippen LogP contribution in [-0.4, -0.2) is 61.4 Å². The first-order valence-electron chi connectivity index (χ1n) is 4.55. The summed E-state index contributed by atoms with van der Waals surface area (Å²) in [6.45, 7) is -0.0590. The van der Waals surface area contributed by atoms with E-state index in [0.717, 1.165) is 0 Å². The summed E-state index contributed by atoms with van der Waals surface area (Å²) in [4.78, 5) is 0. The number of aliphatic hydroxyl groups excluding tert-OH is 2. The van der Waals surface area contributed by atoms with E-state index in [0.29, 0.717) is 0 Å². The zero-order valence-corrected chi connectivity index (χ0v) is 7.67. The van der Waals surface area contributed by atoms with E-state index >= 15 is 0 Å². The number of hydrogen-bond acceptors (Lipinski definition) is 6. The molecule has 0 aliphatic carbocycles. The van der Waals surface area contributed by atoms with Crippen molar-refractivity contribution in [2.24, 2.45) is 0 Å². The third-order valence-electron chi connectivity index (χ3n) is 2.50. The highest BCUT2D eigenvalue weighted by Gasteiger charge is 2.43. The SMILES string of the molecule is OC[C@@H]1OCO[C@@H]2[C@H]1OCO[C@@H]2CO. The number of aliphatic hydroxyl groups is 2. The van der Waals surface area contributed by atoms with Gasteiger partial charge in [-0.05, 0) is 0 Å². The average Bonchev–Trinajstić information content (AvgIpc) is 2.27. The molecular weight excluding hydrogens is 192 g/mol. The largest absolute Gasteiger partial charge is 0.394 e. The van der Waals surface area contributed by atoms with Gasteiger partial charge in [0.2, 0.25) is 0 Å². The second-order valence-electron chi connectivity index (χ2n) is 3.27. The second-order valence-corrected chi connectivity index (χ2v) is 3.27. The molecule has 2 saturated heterocycles. The maximum atomic E-state index is 9.03. The minimum atomic E-state index is -0.397. The summed E-state index contributed by atoms with van der Waals surface area (Å²) in [6, 6.07) is 0. The zero-order chi connectivity index (χ0) is 9.97. The Balaban J connectivity index is 2.04. The third-order valence-corrected chi connectivity index (χ3v) is 2.50. The van der Waals surface area contributed by atoms with E-state index in [4.69, 9.17) is 29.2 Å². The highest BCUT2D eigenvalue weighted by Crippen LogP contribution is 2.25. The van der Waals surface area contributed by atoms with Gasteiger partial charge in [0.25, 0.3) is 0 Å². The highest BCUT2D eigenvalue weighted by atomic mass is 16.8. The van der Waals surface area contributed by atoms with E-state index in [9.17, 15) is 0 Å². The Labute approximate surface area is 81.3 Å². The summed E-state index contributed by atoms with van der Waals surface area (Å²) in [6.07, 6.45) is -1.52. The fraction of sp³-hybridized carbons (Fsp3) is 1.00. The molecule has 0 saturated carbocycles. The molecule has 6 heteroatoms. The molecule has 0 spiro atoms. The first-order valence-corrected chi connectivity index (χ1v) is 4.55. The molecule has 0 unspecified atom stereocenters. The van der Waals surface area contributed by atoms with Gasteiger partial charge in [0.1, 0.15) is 38.0 Å². The summed E-state index contributed by atoms with van der Waals surface area (Å²) in [5, 5.41) is 18.1. The maximum Gasteiger partial charge on any atom is 0.147 e. The molecule has 2 rings (SSSR count). The topological polar surface area (TPSA) is 77.4 Å². The Kier molecular flexibility index (Phi) is 3.32. The van der Waals surface area contributed by atoms with Gasteiger partial charge in [-0.1, -0.05) is 0 Å². The molecule has 0 aromatic rings. The van der Waals surface area contributed by atoms with E-state index in [2.05, 4.69) is 0 Å². The van der Waals surface area contributed by atoms with Crippen molar-refractivity contribution in [1.29, 1.82) is 0 Å². The van der Waals surface area contributed by atoms with Gasteiger partial charge in [-0.15, -0.1) is 0 Å². The average molecular weight is 206 g/mol. The van der Waals surface area contributed by atoms with Crippen LogP contribution in [0.3, 0.4) is 0 Å². The van der Waals surface area contributed by atoms with Crippen molar-refractivity contribution in [3.63, 3.8) is 0 Å². The van der Waals surface area contributed by atoms with E-state index in [1.54, 1.807) is 0 Å². The predicted molar refractivity (Wildman–Crippen MR) is 43.4 cm³/mol. The number of hydrogen-bond donors (Lipinski definition) is 2. The lowest BCUT2D eigenvalue weighted by Gasteiger charge is -2.43. The lowest BCUT2D eigenvalue weighted by atomic mass is 10.0. The number of rotatable bonds is 2. The summed E-state index contributed by atoms with van der Waals surface area (Å²) in [5.41, 5.74) is 0. The van der Waals surface area contributed by atoms with Crippen LogP contribution in [0.25, 0.3) is 0 Å². The molecule has 6 nitrogen and oxygen atoms in total. The summed E-state index contributed by atoms with van der Waals surface area (Å²) >= 11 is 0. The van der Waals surface area contributed by atoms with E-state index in [-0.39, 0.29) is 39.0 Å². The van der Waals surface area contributed by atoms with Gasteiger partial charge in [-0.2, -0.15) is 0 Å². The Morgan fingerprint density at radius 2 is 1.21 bits per heavy atom. The van der Waals surface area contributed by atoms with Crippen molar-refractivity contribution in [1.82, 2.24) is 0 Å². The predicted octanol–water partition coefficient (Wildman–Crippen LogP) is -1.55. The van der Waals surface area contributed by atoms with Gasteiger partial charge in [-0.3, -0.25) is 0 Å². The van der Waals surface area contributed by atoms with Crippen LogP contribution >= 0.6 is 0 Å². The molecule has 0 bridgehead atoms. The molecule has 0 radical (unpaired) electrons. The van der Waals surface area contributed by atoms with Crippen molar-refractivity contribution in [3.05, 3.63) is 0 Å². The molecule has 4 atom stereocenters. The standard InChI is InChI=1S/C8H14O6/c9-1-5-7-8(14-3-11-5)6(2-10)12-4-13-7/h5-10H,1-4H2/t5-,6+,7-,8-/m0/s1. The molecule has 14 heavy (non-hydrogen) atoms. The summed E-state index contributed by atoms with van der Waals surface area (Å²) in [7, 11) is 0. The van der Waals surface area contributed by atoms with E-state index in [1.807, 2.05) is 0 Å². The van der Waals surface area contributed by atoms with Crippen LogP contribution in [-0.2, 0) is 18.9 Å². The number of fused-ring (bicyclic) bond motifs is 1. The van der Waals surface area contributed by atoms with Crippen molar-refractivity contribution < 1.29 is 29.2 Å². The minimum absolute atomic E-state index is 0.0929. The van der Waals surface area contributed by atoms with E-state index in [1.165, 1.54) is 0 Å². The van der Waals surface area contributed by atoms with Crippen LogP contribution in [0.1, 0.15) is 0 Å². The molecule has 2 aliphatic rings. The summed E-state index contributed by atoms with van der Waals surface area (Å²) < 4.78 is 20.9. The van der Waals surface area contributed by atoms with Crippen LogP contribution < -0.4 is 0 Å². The molecule has 0 aromatic carbocycles. The molecule has 2 N–H and O–H groups in total. The summed E-state index contributed by atoms with van der Waals surface area (Å²) in [5.74, 6) is 0. The second kappa shape index (κ2) is 4.52. The van der Waals surface area contributed by atoms with Crippen LogP contribution in [0, 0.1) is 0 Å². The fourth-order valence-electron chi connectivity index (χ4n) is 1.74. The molecule has 82 valence electrons. The quantitative estimate of drug-likeness (QED) is 0.570. The molecule has 2 heterocycles. The van der Waals surface area contributed by atoms with Gasteiger partial charge in [-0.25, -0.2) is 0 Å². The van der Waals surface area contributed by atoms with Gasteiger partial charge in [0.05, 0.1) is 13.2 Å². The van der Waals surface area contributed by atoms with Crippen LogP contribution in [0.15, 0.2) is 0 Å². The molecular formula is C8H14O6. The van der Waals surface area contributed by atoms with Crippen LogP contribution in [0.2, 0.25) is 0 Å². The fourth-order valence-corrected chi connectivity index (χ4v) is 1.74. The smallest absolute Gasteiger partial charge is 0.147 e. The molecule has 2 fully saturated rings. The number of ether oxygens (including phenoxy) is 4. The van der Waals surface area contributed by atoms with Crippen LogP contribution in [0.4, 0.5) is 0 Å². The Hall–Kier alpha value is -0.240. The Bertz CT molecular complexity index is 167. The third kappa shape index (κ3) is 1.77. The lowest BCUT2D eigenvalue weighted by molar-refractivity contribution is -0.328. The zero-order valence-electron chi connectivity index (χ0n) is 7.67. The lowest BCUT2D eigenvalue weighted by Crippen LogP contribution is -2.58. The van der Waals surface area contributed by atoms with Crippen LogP contribution in [0.5, 0.6) is 0 Å². The van der Waals surface area contributed by atoms with Crippen molar-refractivity contribution in [2.75, 3.05) is 26.8 Å². The van der Waals surface area contributed by atoms with Gasteiger partial charge in [0.15, 0.2) is 0 Å². The first kappa shape index (κ1) is 10.3. The molecule has 0 aromatic heterocycles. The maximum absolute atomic E-state index is 9.03. The Morgan fingerprint density at radius 1 is 0.786 bits per heavy atom. The monoisotopic (exact) mass is 206 g/mol. The van der Waals surface area contributed by atoms with Gasteiger partial charge >= 0.3 is 0 Å².